The third kappa shape index (κ3) is 11.1. The summed E-state index contributed by atoms with van der Waals surface area (Å²) in [6.45, 7) is 8.83. The van der Waals surface area contributed by atoms with Crippen LogP contribution in [0.15, 0.2) is 0 Å². The number of carbonyl (C=O) groups is 1. The third-order valence-corrected chi connectivity index (χ3v) is 2.53. The number of carbonyl (C=O) groups excluding carboxylic acids is 1. The van der Waals surface area contributed by atoms with Gasteiger partial charge < -0.3 is 23.9 Å². The minimum absolute atomic E-state index is 0.873. The average molecular weight is 221 g/mol. The molecule has 0 aliphatic rings. The molecule has 0 amide bonds. The molecular weight excluding hydrogens is 198 g/mol. The van der Waals surface area contributed by atoms with Crippen molar-refractivity contribution in [2.45, 2.75) is 13.8 Å². The highest BCUT2D eigenvalue weighted by molar-refractivity contribution is 5.53. The van der Waals surface area contributed by atoms with Gasteiger partial charge in [-0.15, -0.1) is 0 Å². The van der Waals surface area contributed by atoms with E-state index in [0.29, 0.717) is 0 Å². The van der Waals surface area contributed by atoms with E-state index in [2.05, 4.69) is 25.6 Å². The van der Waals surface area contributed by atoms with E-state index < -0.39 is 6.16 Å². The van der Waals surface area contributed by atoms with Gasteiger partial charge in [-0.2, -0.15) is 0 Å². The van der Waals surface area contributed by atoms with Crippen LogP contribution >= 0.6 is 0 Å². The maximum absolute atomic E-state index is 9.03. The number of hydrogen-bond acceptors (Lipinski definition) is 4. The van der Waals surface area contributed by atoms with E-state index in [-0.39, 0.29) is 0 Å². The van der Waals surface area contributed by atoms with Gasteiger partial charge in [-0.25, -0.2) is 0 Å². The molecule has 0 unspecified atom stereocenters. The molecule has 5 nitrogen and oxygen atoms in total. The highest BCUT2D eigenvalue weighted by Crippen LogP contribution is 1.99. The Labute approximate surface area is 92.2 Å². The quantitative estimate of drug-likeness (QED) is 0.488. The Kier molecular flexibility index (Phi) is 10.8. The standard InChI is InChI=1S/C8H20NO.C2H4O3/c1-5-9(3,6-2)7-8-10-4;1-5-2(3)4/h5-8H2,1-4H3;1H3,(H,3,4)/q+1;/p-1. The molecule has 0 saturated heterocycles. The molecule has 0 heterocycles. The number of rotatable bonds is 5. The van der Waals surface area contributed by atoms with Crippen LogP contribution in [0.4, 0.5) is 4.79 Å². The summed E-state index contributed by atoms with van der Waals surface area (Å²) in [7, 11) is 5.06. The lowest BCUT2D eigenvalue weighted by molar-refractivity contribution is -0.906. The van der Waals surface area contributed by atoms with Crippen LogP contribution in [0.3, 0.4) is 0 Å². The monoisotopic (exact) mass is 221 g/mol. The van der Waals surface area contributed by atoms with Crippen LogP contribution < -0.4 is 5.11 Å². The van der Waals surface area contributed by atoms with Crippen molar-refractivity contribution in [1.29, 1.82) is 0 Å². The Morgan fingerprint density at radius 3 is 1.87 bits per heavy atom. The SMILES string of the molecule is CC[N+](C)(CC)CCOC.COC(=O)[O-]. The van der Waals surface area contributed by atoms with Crippen LogP contribution in [0.25, 0.3) is 0 Å². The fraction of sp³-hybridized carbons (Fsp3) is 0.900. The second-order valence-electron chi connectivity index (χ2n) is 3.42. The number of likely N-dealkylation sites (N-methyl/N-ethyl adjacent to an activating group) is 1. The molecule has 0 atom stereocenters. The second kappa shape index (κ2) is 9.73. The van der Waals surface area contributed by atoms with Crippen LogP contribution in [-0.2, 0) is 9.47 Å². The van der Waals surface area contributed by atoms with Crippen molar-refractivity contribution >= 4 is 6.16 Å². The number of nitrogens with zero attached hydrogens (tertiary/aromatic N) is 1. The maximum Gasteiger partial charge on any atom is 0.251 e. The van der Waals surface area contributed by atoms with Gasteiger partial charge in [-0.05, 0) is 13.8 Å². The molecule has 0 saturated carbocycles. The average Bonchev–Trinajstić information content (AvgIpc) is 2.26. The highest BCUT2D eigenvalue weighted by Gasteiger charge is 2.14. The summed E-state index contributed by atoms with van der Waals surface area (Å²) in [5.74, 6) is 0. The first-order chi connectivity index (χ1) is 6.95. The van der Waals surface area contributed by atoms with E-state index in [9.17, 15) is 0 Å². The number of ether oxygens (including phenoxy) is 2. The van der Waals surface area contributed by atoms with Crippen LogP contribution in [0.2, 0.25) is 0 Å². The smallest absolute Gasteiger partial charge is 0.251 e. The molecule has 0 aromatic rings. The van der Waals surface area contributed by atoms with E-state index in [4.69, 9.17) is 14.6 Å². The Hall–Kier alpha value is -0.810. The van der Waals surface area contributed by atoms with Crippen LogP contribution in [0, 0.1) is 0 Å². The van der Waals surface area contributed by atoms with Crippen molar-refractivity contribution in [3.8, 4) is 0 Å². The molecule has 0 spiro atoms. The van der Waals surface area contributed by atoms with Gasteiger partial charge in [0, 0.05) is 14.2 Å². The predicted molar refractivity (Wildman–Crippen MR) is 56.4 cm³/mol. The fourth-order valence-electron chi connectivity index (χ4n) is 0.852. The lowest BCUT2D eigenvalue weighted by Crippen LogP contribution is -2.45. The lowest BCUT2D eigenvalue weighted by Gasteiger charge is -2.31. The zero-order chi connectivity index (χ0) is 12.3. The molecule has 0 rings (SSSR count). The predicted octanol–water partition coefficient (Wildman–Crippen LogP) is 0.0953. The van der Waals surface area contributed by atoms with Crippen LogP contribution in [0.1, 0.15) is 13.8 Å². The van der Waals surface area contributed by atoms with Crippen LogP contribution in [0.5, 0.6) is 0 Å². The number of quaternary nitrogens is 1. The van der Waals surface area contributed by atoms with Gasteiger partial charge in [0.1, 0.15) is 6.54 Å². The first-order valence-electron chi connectivity index (χ1n) is 5.03. The number of methoxy groups -OCH3 is 2. The molecule has 5 heteroatoms. The first-order valence-corrected chi connectivity index (χ1v) is 5.03. The zero-order valence-electron chi connectivity index (χ0n) is 10.4. The molecule has 15 heavy (non-hydrogen) atoms. The maximum atomic E-state index is 9.03. The van der Waals surface area contributed by atoms with Gasteiger partial charge in [-0.3, -0.25) is 0 Å². The number of hydrogen-bond donors (Lipinski definition) is 0. The first kappa shape index (κ1) is 16.6. The molecule has 0 aromatic heterocycles. The van der Waals surface area contributed by atoms with E-state index in [1.165, 1.54) is 13.1 Å². The summed E-state index contributed by atoms with van der Waals surface area (Å²) >= 11 is 0. The van der Waals surface area contributed by atoms with Crippen molar-refractivity contribution in [1.82, 2.24) is 0 Å². The zero-order valence-corrected chi connectivity index (χ0v) is 10.4. The van der Waals surface area contributed by atoms with Gasteiger partial charge in [0.05, 0.1) is 26.7 Å². The molecule has 0 fully saturated rings. The summed E-state index contributed by atoms with van der Waals surface area (Å²) in [5.41, 5.74) is 0. The van der Waals surface area contributed by atoms with Gasteiger partial charge in [-0.1, -0.05) is 0 Å². The van der Waals surface area contributed by atoms with Crippen molar-refractivity contribution < 1.29 is 23.9 Å². The number of carboxylic acid groups (broad SMARTS) is 1. The minimum Gasteiger partial charge on any atom is -0.553 e. The van der Waals surface area contributed by atoms with Gasteiger partial charge in [0.25, 0.3) is 6.16 Å². The third-order valence-electron chi connectivity index (χ3n) is 2.53. The minimum atomic E-state index is -1.50. The summed E-state index contributed by atoms with van der Waals surface area (Å²) in [6.07, 6.45) is -1.50. The summed E-state index contributed by atoms with van der Waals surface area (Å²) < 4.78 is 9.70. The largest absolute Gasteiger partial charge is 0.553 e. The Morgan fingerprint density at radius 2 is 1.67 bits per heavy atom. The van der Waals surface area contributed by atoms with Crippen molar-refractivity contribution in [3.63, 3.8) is 0 Å². The van der Waals surface area contributed by atoms with Crippen LogP contribution in [-0.4, -0.2) is 58.1 Å². The summed E-state index contributed by atoms with van der Waals surface area (Å²) in [4.78, 5) is 9.03. The van der Waals surface area contributed by atoms with E-state index >= 15 is 0 Å². The van der Waals surface area contributed by atoms with Crippen molar-refractivity contribution in [2.75, 3.05) is 47.5 Å². The highest BCUT2D eigenvalue weighted by atomic mass is 16.6. The second-order valence-corrected chi connectivity index (χ2v) is 3.42. The molecule has 92 valence electrons. The van der Waals surface area contributed by atoms with Gasteiger partial charge in [0.2, 0.25) is 0 Å². The normalized spacial score (nSPS) is 10.2. The Balaban J connectivity index is 0. The Bertz CT molecular complexity index is 158. The van der Waals surface area contributed by atoms with E-state index in [0.717, 1.165) is 24.7 Å². The van der Waals surface area contributed by atoms with Crippen molar-refractivity contribution in [3.05, 3.63) is 0 Å². The van der Waals surface area contributed by atoms with Gasteiger partial charge in [0.15, 0.2) is 0 Å². The summed E-state index contributed by atoms with van der Waals surface area (Å²) in [6, 6.07) is 0. The summed E-state index contributed by atoms with van der Waals surface area (Å²) in [5, 5.41) is 9.03. The fourth-order valence-corrected chi connectivity index (χ4v) is 0.852. The molecule has 0 aliphatic carbocycles. The van der Waals surface area contributed by atoms with E-state index in [1.807, 2.05) is 0 Å². The Morgan fingerprint density at radius 1 is 1.27 bits per heavy atom. The molecule has 0 N–H and O–H groups in total. The molecule has 0 bridgehead atoms. The van der Waals surface area contributed by atoms with Crippen molar-refractivity contribution in [2.24, 2.45) is 0 Å². The lowest BCUT2D eigenvalue weighted by atomic mass is 10.4. The van der Waals surface area contributed by atoms with E-state index in [1.54, 1.807) is 7.11 Å². The molecule has 0 aromatic carbocycles. The van der Waals surface area contributed by atoms with Gasteiger partial charge >= 0.3 is 0 Å². The molecule has 0 radical (unpaired) electrons. The topological polar surface area (TPSA) is 58.6 Å². The molecular formula is C10H23NO4. The molecule has 0 aliphatic heterocycles.